The minimum atomic E-state index is 0. The summed E-state index contributed by atoms with van der Waals surface area (Å²) >= 11 is 0. The summed E-state index contributed by atoms with van der Waals surface area (Å²) < 4.78 is 5.37. The predicted octanol–water partition coefficient (Wildman–Crippen LogP) is 2.44. The fraction of sp³-hybridized carbons (Fsp3) is 0.357. The predicted molar refractivity (Wildman–Crippen MR) is 80.4 cm³/mol. The van der Waals surface area contributed by atoms with Gasteiger partial charge in [0.15, 0.2) is 0 Å². The summed E-state index contributed by atoms with van der Waals surface area (Å²) in [4.78, 5) is 4.34. The number of nitrogens with zero attached hydrogens (tertiary/aromatic N) is 1. The van der Waals surface area contributed by atoms with Crippen LogP contribution < -0.4 is 15.4 Å². The Morgan fingerprint density at radius 2 is 2.26 bits per heavy atom. The highest BCUT2D eigenvalue weighted by atomic mass is 35.5. The smallest absolute Gasteiger partial charge is 0.129 e. The van der Waals surface area contributed by atoms with Gasteiger partial charge in [-0.05, 0) is 37.2 Å². The molecule has 102 valence electrons. The van der Waals surface area contributed by atoms with Gasteiger partial charge in [0, 0.05) is 29.9 Å². The minimum Gasteiger partial charge on any atom is -0.496 e. The number of aromatic nitrogens is 1. The molecule has 5 heteroatoms. The number of halogens is 1. The van der Waals surface area contributed by atoms with Gasteiger partial charge in [0.2, 0.25) is 0 Å². The molecule has 1 aromatic carbocycles. The Hall–Kier alpha value is -1.52. The van der Waals surface area contributed by atoms with E-state index in [1.807, 2.05) is 12.1 Å². The number of pyridine rings is 1. The third kappa shape index (κ3) is 2.91. The zero-order chi connectivity index (χ0) is 12.4. The standard InChI is InChI=1S/C14H17N3O.ClH/c1-18-14-5-7-16-13-3-2-10(8-12(13)14)17-11-4-6-15-9-11;/h2-3,5,7-8,11,15,17H,4,6,9H2,1H3;1H/t11-;/m1./s1. The molecule has 0 spiro atoms. The molecule has 4 nitrogen and oxygen atoms in total. The maximum atomic E-state index is 5.37. The second-order valence-electron chi connectivity index (χ2n) is 4.58. The molecule has 0 aliphatic carbocycles. The van der Waals surface area contributed by atoms with E-state index in [9.17, 15) is 0 Å². The molecule has 19 heavy (non-hydrogen) atoms. The summed E-state index contributed by atoms with van der Waals surface area (Å²) in [6.07, 6.45) is 2.94. The van der Waals surface area contributed by atoms with Crippen LogP contribution >= 0.6 is 12.4 Å². The SMILES string of the molecule is COc1ccnc2ccc(N[C@@H]3CCNC3)cc12.Cl. The van der Waals surface area contributed by atoms with Crippen molar-refractivity contribution in [3.05, 3.63) is 30.5 Å². The van der Waals surface area contributed by atoms with Gasteiger partial charge in [0.05, 0.1) is 12.6 Å². The molecule has 1 fully saturated rings. The number of fused-ring (bicyclic) bond motifs is 1. The number of hydrogen-bond donors (Lipinski definition) is 2. The van der Waals surface area contributed by atoms with Crippen LogP contribution in [0.1, 0.15) is 6.42 Å². The average Bonchev–Trinajstić information content (AvgIpc) is 2.91. The zero-order valence-electron chi connectivity index (χ0n) is 10.8. The van der Waals surface area contributed by atoms with Gasteiger partial charge in [0.25, 0.3) is 0 Å². The van der Waals surface area contributed by atoms with Crippen LogP contribution in [0.3, 0.4) is 0 Å². The first-order valence-electron chi connectivity index (χ1n) is 6.27. The first kappa shape index (κ1) is 13.9. The molecule has 0 saturated carbocycles. The van der Waals surface area contributed by atoms with Crippen molar-refractivity contribution < 1.29 is 4.74 Å². The summed E-state index contributed by atoms with van der Waals surface area (Å²) in [7, 11) is 1.69. The van der Waals surface area contributed by atoms with Crippen LogP contribution in [0, 0.1) is 0 Å². The second kappa shape index (κ2) is 6.08. The normalized spacial score (nSPS) is 18.1. The lowest BCUT2D eigenvalue weighted by atomic mass is 10.1. The van der Waals surface area contributed by atoms with Crippen LogP contribution in [0.4, 0.5) is 5.69 Å². The average molecular weight is 280 g/mol. The summed E-state index contributed by atoms with van der Waals surface area (Å²) in [5.74, 6) is 0.869. The molecule has 1 aromatic heterocycles. The number of methoxy groups -OCH3 is 1. The third-order valence-electron chi connectivity index (χ3n) is 3.35. The molecule has 1 aliphatic heterocycles. The van der Waals surface area contributed by atoms with E-state index in [1.54, 1.807) is 13.3 Å². The van der Waals surface area contributed by atoms with E-state index in [0.29, 0.717) is 6.04 Å². The van der Waals surface area contributed by atoms with Gasteiger partial charge >= 0.3 is 0 Å². The van der Waals surface area contributed by atoms with Gasteiger partial charge in [-0.25, -0.2) is 0 Å². The lowest BCUT2D eigenvalue weighted by Crippen LogP contribution is -2.21. The van der Waals surface area contributed by atoms with Gasteiger partial charge < -0.3 is 15.4 Å². The highest BCUT2D eigenvalue weighted by Crippen LogP contribution is 2.26. The van der Waals surface area contributed by atoms with E-state index in [1.165, 1.54) is 6.42 Å². The minimum absolute atomic E-state index is 0. The van der Waals surface area contributed by atoms with E-state index in [2.05, 4.69) is 27.8 Å². The van der Waals surface area contributed by atoms with Crippen molar-refractivity contribution in [2.75, 3.05) is 25.5 Å². The lowest BCUT2D eigenvalue weighted by molar-refractivity contribution is 0.419. The van der Waals surface area contributed by atoms with E-state index in [-0.39, 0.29) is 12.4 Å². The van der Waals surface area contributed by atoms with Gasteiger partial charge in [-0.2, -0.15) is 0 Å². The Morgan fingerprint density at radius 3 is 3.00 bits per heavy atom. The number of benzene rings is 1. The van der Waals surface area contributed by atoms with E-state index in [4.69, 9.17) is 4.74 Å². The largest absolute Gasteiger partial charge is 0.496 e. The van der Waals surface area contributed by atoms with Crippen molar-refractivity contribution in [2.24, 2.45) is 0 Å². The van der Waals surface area contributed by atoms with Crippen molar-refractivity contribution >= 4 is 29.0 Å². The van der Waals surface area contributed by atoms with Gasteiger partial charge in [-0.15, -0.1) is 12.4 Å². The molecule has 3 rings (SSSR count). The van der Waals surface area contributed by atoms with Crippen molar-refractivity contribution in [3.63, 3.8) is 0 Å². The lowest BCUT2D eigenvalue weighted by Gasteiger charge is -2.14. The molecule has 2 N–H and O–H groups in total. The van der Waals surface area contributed by atoms with Crippen LogP contribution in [0.15, 0.2) is 30.5 Å². The Labute approximate surface area is 119 Å². The summed E-state index contributed by atoms with van der Waals surface area (Å²) in [5, 5.41) is 7.94. The number of hydrogen-bond acceptors (Lipinski definition) is 4. The Balaban J connectivity index is 0.00000133. The summed E-state index contributed by atoms with van der Waals surface area (Å²) in [6, 6.07) is 8.63. The first-order valence-corrected chi connectivity index (χ1v) is 6.27. The molecule has 2 heterocycles. The van der Waals surface area contributed by atoms with Crippen molar-refractivity contribution in [1.29, 1.82) is 0 Å². The van der Waals surface area contributed by atoms with Crippen molar-refractivity contribution in [2.45, 2.75) is 12.5 Å². The number of anilines is 1. The molecule has 0 bridgehead atoms. The highest BCUT2D eigenvalue weighted by Gasteiger charge is 2.14. The van der Waals surface area contributed by atoms with Crippen molar-refractivity contribution in [3.8, 4) is 5.75 Å². The van der Waals surface area contributed by atoms with Crippen LogP contribution in [0.25, 0.3) is 10.9 Å². The Morgan fingerprint density at radius 1 is 1.37 bits per heavy atom. The van der Waals surface area contributed by atoms with E-state index < -0.39 is 0 Å². The van der Waals surface area contributed by atoms with Gasteiger partial charge in [-0.3, -0.25) is 4.98 Å². The molecule has 0 unspecified atom stereocenters. The van der Waals surface area contributed by atoms with Crippen molar-refractivity contribution in [1.82, 2.24) is 10.3 Å². The zero-order valence-corrected chi connectivity index (χ0v) is 11.7. The Bertz CT molecular complexity index is 555. The molecule has 1 saturated heterocycles. The molecule has 1 atom stereocenters. The molecule has 0 radical (unpaired) electrons. The maximum Gasteiger partial charge on any atom is 0.129 e. The van der Waals surface area contributed by atoms with Gasteiger partial charge in [0.1, 0.15) is 5.75 Å². The van der Waals surface area contributed by atoms with E-state index in [0.717, 1.165) is 35.4 Å². The molecule has 1 aliphatic rings. The number of rotatable bonds is 3. The molecule has 2 aromatic rings. The van der Waals surface area contributed by atoms with Crippen LogP contribution in [0.5, 0.6) is 5.75 Å². The fourth-order valence-electron chi connectivity index (χ4n) is 2.40. The van der Waals surface area contributed by atoms with Crippen LogP contribution in [-0.2, 0) is 0 Å². The quantitative estimate of drug-likeness (QED) is 0.906. The first-order chi connectivity index (χ1) is 8.86. The monoisotopic (exact) mass is 279 g/mol. The molecular weight excluding hydrogens is 262 g/mol. The molecule has 0 amide bonds. The Kier molecular flexibility index (Phi) is 4.45. The third-order valence-corrected chi connectivity index (χ3v) is 3.35. The number of nitrogens with one attached hydrogen (secondary N) is 2. The van der Waals surface area contributed by atoms with Gasteiger partial charge in [-0.1, -0.05) is 0 Å². The second-order valence-corrected chi connectivity index (χ2v) is 4.58. The number of ether oxygens (including phenoxy) is 1. The van der Waals surface area contributed by atoms with E-state index >= 15 is 0 Å². The summed E-state index contributed by atoms with van der Waals surface area (Å²) in [6.45, 7) is 2.12. The van der Waals surface area contributed by atoms with Crippen LogP contribution in [0.2, 0.25) is 0 Å². The molecular formula is C14H18ClN3O. The maximum absolute atomic E-state index is 5.37. The summed E-state index contributed by atoms with van der Waals surface area (Å²) in [5.41, 5.74) is 2.09. The topological polar surface area (TPSA) is 46.2 Å². The van der Waals surface area contributed by atoms with Crippen LogP contribution in [-0.4, -0.2) is 31.2 Å². The fourth-order valence-corrected chi connectivity index (χ4v) is 2.40. The highest BCUT2D eigenvalue weighted by molar-refractivity contribution is 5.87.